The van der Waals surface area contributed by atoms with Crippen LogP contribution in [0, 0.1) is 0 Å². The molecular formula is C13H31N3O3S. The molecule has 0 fully saturated rings. The Balaban J connectivity index is 3.69. The summed E-state index contributed by atoms with van der Waals surface area (Å²) in [6.45, 7) is 7.97. The first kappa shape index (κ1) is 19.8. The molecule has 0 rings (SSSR count). The van der Waals surface area contributed by atoms with Crippen LogP contribution in [0.4, 0.5) is 0 Å². The summed E-state index contributed by atoms with van der Waals surface area (Å²) in [5.74, 6) is 0. The molecule has 0 saturated carbocycles. The van der Waals surface area contributed by atoms with Crippen LogP contribution in [-0.2, 0) is 14.9 Å². The van der Waals surface area contributed by atoms with Gasteiger partial charge >= 0.3 is 0 Å². The molecule has 0 heterocycles. The molecule has 20 heavy (non-hydrogen) atoms. The fraction of sp³-hybridized carbons (Fsp3) is 1.00. The van der Waals surface area contributed by atoms with Crippen molar-refractivity contribution in [1.82, 2.24) is 14.3 Å². The van der Waals surface area contributed by atoms with Crippen molar-refractivity contribution in [2.75, 3.05) is 46.4 Å². The third kappa shape index (κ3) is 10.6. The van der Waals surface area contributed by atoms with Gasteiger partial charge in [-0.2, -0.15) is 17.4 Å². The van der Waals surface area contributed by atoms with Crippen molar-refractivity contribution >= 4 is 10.2 Å². The lowest BCUT2D eigenvalue weighted by Gasteiger charge is -2.17. The first-order chi connectivity index (χ1) is 9.54. The largest absolute Gasteiger partial charge is 0.380 e. The van der Waals surface area contributed by atoms with Crippen LogP contribution in [0.1, 0.15) is 39.5 Å². The Labute approximate surface area is 124 Å². The summed E-state index contributed by atoms with van der Waals surface area (Å²) in [7, 11) is -1.77. The molecule has 122 valence electrons. The maximum absolute atomic E-state index is 11.9. The summed E-state index contributed by atoms with van der Waals surface area (Å²) in [5, 5.41) is 3.25. The normalized spacial score (nSPS) is 12.2. The van der Waals surface area contributed by atoms with E-state index in [1.54, 1.807) is 7.05 Å². The molecule has 0 radical (unpaired) electrons. The topological polar surface area (TPSA) is 70.7 Å². The van der Waals surface area contributed by atoms with Gasteiger partial charge < -0.3 is 10.1 Å². The molecule has 0 spiro atoms. The first-order valence-electron chi connectivity index (χ1n) is 7.54. The number of unbranched alkanes of at least 4 members (excludes halogenated alkanes) is 1. The first-order valence-corrected chi connectivity index (χ1v) is 8.98. The summed E-state index contributed by atoms with van der Waals surface area (Å²) in [4.78, 5) is 0. The van der Waals surface area contributed by atoms with Gasteiger partial charge in [-0.05, 0) is 32.4 Å². The van der Waals surface area contributed by atoms with E-state index in [0.29, 0.717) is 26.3 Å². The number of hydrogen-bond donors (Lipinski definition) is 2. The monoisotopic (exact) mass is 309 g/mol. The van der Waals surface area contributed by atoms with Gasteiger partial charge in [0.05, 0.1) is 6.61 Å². The van der Waals surface area contributed by atoms with Crippen LogP contribution in [0.5, 0.6) is 0 Å². The zero-order valence-electron chi connectivity index (χ0n) is 13.2. The van der Waals surface area contributed by atoms with Crippen LogP contribution in [-0.4, -0.2) is 59.2 Å². The van der Waals surface area contributed by atoms with Gasteiger partial charge in [-0.15, -0.1) is 0 Å². The highest BCUT2D eigenvalue weighted by atomic mass is 32.2. The molecule has 0 saturated heterocycles. The molecule has 0 bridgehead atoms. The fourth-order valence-electron chi connectivity index (χ4n) is 1.55. The Morgan fingerprint density at radius 3 is 2.40 bits per heavy atom. The van der Waals surface area contributed by atoms with Gasteiger partial charge in [-0.1, -0.05) is 20.3 Å². The van der Waals surface area contributed by atoms with E-state index in [0.717, 1.165) is 38.8 Å². The van der Waals surface area contributed by atoms with Gasteiger partial charge in [0.1, 0.15) is 0 Å². The molecule has 0 aromatic carbocycles. The van der Waals surface area contributed by atoms with E-state index < -0.39 is 10.2 Å². The molecular weight excluding hydrogens is 278 g/mol. The number of nitrogens with one attached hydrogen (secondary N) is 2. The number of hydrogen-bond acceptors (Lipinski definition) is 4. The smallest absolute Gasteiger partial charge is 0.279 e. The van der Waals surface area contributed by atoms with Crippen molar-refractivity contribution in [2.45, 2.75) is 39.5 Å². The van der Waals surface area contributed by atoms with Crippen LogP contribution in [0.25, 0.3) is 0 Å². The third-order valence-electron chi connectivity index (χ3n) is 2.84. The zero-order chi connectivity index (χ0) is 15.3. The molecule has 0 amide bonds. The zero-order valence-corrected chi connectivity index (χ0v) is 14.0. The third-order valence-corrected chi connectivity index (χ3v) is 4.41. The van der Waals surface area contributed by atoms with Gasteiger partial charge in [0.15, 0.2) is 0 Å². The van der Waals surface area contributed by atoms with Gasteiger partial charge in [0.25, 0.3) is 10.2 Å². The molecule has 0 aromatic heterocycles. The molecule has 2 N–H and O–H groups in total. The van der Waals surface area contributed by atoms with Crippen molar-refractivity contribution < 1.29 is 13.2 Å². The minimum Gasteiger partial charge on any atom is -0.380 e. The number of nitrogens with zero attached hydrogens (tertiary/aromatic N) is 1. The standard InChI is InChI=1S/C13H31N3O3S/c1-4-6-12-19-13-10-15-20(17,18)16(3)11-7-9-14-8-5-2/h14-15H,4-13H2,1-3H3. The van der Waals surface area contributed by atoms with Crippen LogP contribution in [0.2, 0.25) is 0 Å². The highest BCUT2D eigenvalue weighted by Crippen LogP contribution is 1.95. The predicted molar refractivity (Wildman–Crippen MR) is 83.1 cm³/mol. The lowest BCUT2D eigenvalue weighted by molar-refractivity contribution is 0.136. The maximum Gasteiger partial charge on any atom is 0.279 e. The highest BCUT2D eigenvalue weighted by Gasteiger charge is 2.15. The van der Waals surface area contributed by atoms with E-state index in [1.807, 2.05) is 0 Å². The van der Waals surface area contributed by atoms with Crippen LogP contribution in [0.15, 0.2) is 0 Å². The van der Waals surface area contributed by atoms with Crippen LogP contribution in [0.3, 0.4) is 0 Å². The molecule has 0 atom stereocenters. The van der Waals surface area contributed by atoms with E-state index in [-0.39, 0.29) is 0 Å². The van der Waals surface area contributed by atoms with Crippen molar-refractivity contribution in [3.8, 4) is 0 Å². The van der Waals surface area contributed by atoms with Crippen molar-refractivity contribution in [2.24, 2.45) is 0 Å². The maximum atomic E-state index is 11.9. The fourth-order valence-corrected chi connectivity index (χ4v) is 2.48. The lowest BCUT2D eigenvalue weighted by atomic mass is 10.4. The Kier molecular flexibility index (Phi) is 12.4. The van der Waals surface area contributed by atoms with Crippen LogP contribution < -0.4 is 10.0 Å². The Bertz CT molecular complexity index is 310. The molecule has 0 aliphatic carbocycles. The van der Waals surface area contributed by atoms with E-state index in [1.165, 1.54) is 4.31 Å². The minimum absolute atomic E-state index is 0.324. The van der Waals surface area contributed by atoms with E-state index >= 15 is 0 Å². The summed E-state index contributed by atoms with van der Waals surface area (Å²) in [6, 6.07) is 0. The van der Waals surface area contributed by atoms with Gasteiger partial charge in [0, 0.05) is 26.7 Å². The average Bonchev–Trinajstić information content (AvgIpc) is 2.42. The summed E-state index contributed by atoms with van der Waals surface area (Å²) < 4.78 is 33.0. The van der Waals surface area contributed by atoms with Gasteiger partial charge in [0.2, 0.25) is 0 Å². The Hall–Kier alpha value is -0.210. The predicted octanol–water partition coefficient (Wildman–Crippen LogP) is 0.959. The molecule has 0 unspecified atom stereocenters. The van der Waals surface area contributed by atoms with Crippen LogP contribution >= 0.6 is 0 Å². The van der Waals surface area contributed by atoms with E-state index in [9.17, 15) is 8.42 Å². The molecule has 0 aliphatic rings. The highest BCUT2D eigenvalue weighted by molar-refractivity contribution is 7.87. The van der Waals surface area contributed by atoms with Gasteiger partial charge in [-0.3, -0.25) is 0 Å². The summed E-state index contributed by atoms with van der Waals surface area (Å²) in [5.41, 5.74) is 0. The average molecular weight is 309 g/mol. The number of rotatable bonds is 14. The molecule has 0 aromatic rings. The second-order valence-electron chi connectivity index (χ2n) is 4.79. The molecule has 6 nitrogen and oxygen atoms in total. The lowest BCUT2D eigenvalue weighted by Crippen LogP contribution is -2.40. The minimum atomic E-state index is -3.37. The second-order valence-corrected chi connectivity index (χ2v) is 6.65. The van der Waals surface area contributed by atoms with Crippen molar-refractivity contribution in [1.29, 1.82) is 0 Å². The molecule has 0 aliphatic heterocycles. The second kappa shape index (κ2) is 12.5. The number of ether oxygens (including phenoxy) is 1. The Morgan fingerprint density at radius 1 is 1.00 bits per heavy atom. The van der Waals surface area contributed by atoms with E-state index in [4.69, 9.17) is 4.74 Å². The summed E-state index contributed by atoms with van der Waals surface area (Å²) in [6.07, 6.45) is 4.00. The quantitative estimate of drug-likeness (QED) is 0.469. The van der Waals surface area contributed by atoms with Crippen molar-refractivity contribution in [3.63, 3.8) is 0 Å². The van der Waals surface area contributed by atoms with E-state index in [2.05, 4.69) is 23.9 Å². The summed E-state index contributed by atoms with van der Waals surface area (Å²) >= 11 is 0. The Morgan fingerprint density at radius 2 is 1.75 bits per heavy atom. The SMILES string of the molecule is CCCCOCCNS(=O)(=O)N(C)CCCNCCC. The van der Waals surface area contributed by atoms with Gasteiger partial charge in [-0.25, -0.2) is 0 Å². The van der Waals surface area contributed by atoms with Crippen molar-refractivity contribution in [3.05, 3.63) is 0 Å². The molecule has 7 heteroatoms.